The molecule has 0 fully saturated rings. The highest BCUT2D eigenvalue weighted by atomic mass is 16.5. The molecule has 0 bridgehead atoms. The molecule has 0 saturated heterocycles. The predicted molar refractivity (Wildman–Crippen MR) is 70.0 cm³/mol. The van der Waals surface area contributed by atoms with Gasteiger partial charge in [0.2, 0.25) is 0 Å². The van der Waals surface area contributed by atoms with Crippen molar-refractivity contribution in [3.63, 3.8) is 0 Å². The lowest BCUT2D eigenvalue weighted by Crippen LogP contribution is -2.03. The number of ether oxygens (including phenoxy) is 1. The minimum atomic E-state index is -0.0666. The second-order valence-corrected chi connectivity index (χ2v) is 4.35. The van der Waals surface area contributed by atoms with Crippen LogP contribution in [0.15, 0.2) is 24.3 Å². The average Bonchev–Trinajstić information content (AvgIpc) is 2.29. The van der Waals surface area contributed by atoms with E-state index in [4.69, 9.17) is 4.74 Å². The lowest BCUT2D eigenvalue weighted by molar-refractivity contribution is -0.143. The molecule has 0 N–H and O–H groups in total. The number of unbranched alkanes of at least 4 members (excludes halogenated alkanes) is 2. The molecular weight excluding hydrogens is 212 g/mol. The van der Waals surface area contributed by atoms with Gasteiger partial charge in [0.25, 0.3) is 0 Å². The van der Waals surface area contributed by atoms with Crippen LogP contribution in [-0.4, -0.2) is 12.6 Å². The summed E-state index contributed by atoms with van der Waals surface area (Å²) < 4.78 is 4.88. The highest BCUT2D eigenvalue weighted by molar-refractivity contribution is 5.69. The molecule has 0 spiro atoms. The van der Waals surface area contributed by atoms with E-state index in [2.05, 4.69) is 31.2 Å². The third-order valence-corrected chi connectivity index (χ3v) is 2.73. The normalized spacial score (nSPS) is 10.2. The Hall–Kier alpha value is -1.31. The maximum Gasteiger partial charge on any atom is 0.305 e. The van der Waals surface area contributed by atoms with Crippen LogP contribution in [0.4, 0.5) is 0 Å². The van der Waals surface area contributed by atoms with Gasteiger partial charge in [-0.05, 0) is 38.7 Å². The second kappa shape index (κ2) is 7.88. The summed E-state index contributed by atoms with van der Waals surface area (Å²) in [5.74, 6) is -0.0666. The lowest BCUT2D eigenvalue weighted by atomic mass is 10.0. The van der Waals surface area contributed by atoms with E-state index in [1.165, 1.54) is 11.1 Å². The van der Waals surface area contributed by atoms with Crippen molar-refractivity contribution in [1.29, 1.82) is 0 Å². The van der Waals surface area contributed by atoms with E-state index in [0.717, 1.165) is 25.7 Å². The Kier molecular flexibility index (Phi) is 6.38. The molecule has 17 heavy (non-hydrogen) atoms. The van der Waals surface area contributed by atoms with Gasteiger partial charge in [0.1, 0.15) is 0 Å². The van der Waals surface area contributed by atoms with Gasteiger partial charge in [0, 0.05) is 6.42 Å². The molecule has 0 radical (unpaired) electrons. The van der Waals surface area contributed by atoms with Gasteiger partial charge in [0.05, 0.1) is 6.61 Å². The fraction of sp³-hybridized carbons (Fsp3) is 0.533. The first-order valence-electron chi connectivity index (χ1n) is 6.43. The summed E-state index contributed by atoms with van der Waals surface area (Å²) in [5, 5.41) is 0. The van der Waals surface area contributed by atoms with E-state index < -0.39 is 0 Å². The topological polar surface area (TPSA) is 26.3 Å². The SMILES string of the molecule is CCOC(=O)CCCCCc1cccc(C)c1. The van der Waals surface area contributed by atoms with Gasteiger partial charge in [-0.1, -0.05) is 36.2 Å². The van der Waals surface area contributed by atoms with Gasteiger partial charge in [-0.15, -0.1) is 0 Å². The fourth-order valence-corrected chi connectivity index (χ4v) is 1.88. The van der Waals surface area contributed by atoms with Gasteiger partial charge in [-0.25, -0.2) is 0 Å². The Bertz CT molecular complexity index is 345. The monoisotopic (exact) mass is 234 g/mol. The molecule has 0 heterocycles. The minimum absolute atomic E-state index is 0.0666. The summed E-state index contributed by atoms with van der Waals surface area (Å²) in [4.78, 5) is 11.1. The van der Waals surface area contributed by atoms with Crippen molar-refractivity contribution in [3.8, 4) is 0 Å². The summed E-state index contributed by atoms with van der Waals surface area (Å²) in [5.41, 5.74) is 2.70. The van der Waals surface area contributed by atoms with Crippen molar-refractivity contribution in [2.45, 2.75) is 46.0 Å². The lowest BCUT2D eigenvalue weighted by Gasteiger charge is -2.03. The number of aryl methyl sites for hydroxylation is 2. The summed E-state index contributed by atoms with van der Waals surface area (Å²) in [6, 6.07) is 8.61. The summed E-state index contributed by atoms with van der Waals surface area (Å²) in [6.45, 7) is 4.45. The van der Waals surface area contributed by atoms with E-state index in [1.54, 1.807) is 0 Å². The number of hydrogen-bond donors (Lipinski definition) is 0. The van der Waals surface area contributed by atoms with Crippen LogP contribution in [-0.2, 0) is 16.0 Å². The molecule has 0 amide bonds. The molecule has 0 saturated carbocycles. The van der Waals surface area contributed by atoms with Crippen molar-refractivity contribution in [2.24, 2.45) is 0 Å². The zero-order valence-corrected chi connectivity index (χ0v) is 10.9. The molecule has 1 rings (SSSR count). The first-order valence-corrected chi connectivity index (χ1v) is 6.43. The van der Waals surface area contributed by atoms with Crippen molar-refractivity contribution < 1.29 is 9.53 Å². The van der Waals surface area contributed by atoms with Crippen LogP contribution in [0.2, 0.25) is 0 Å². The molecule has 0 aliphatic heterocycles. The Morgan fingerprint density at radius 2 is 2.06 bits per heavy atom. The molecule has 0 atom stereocenters. The molecule has 0 unspecified atom stereocenters. The maximum atomic E-state index is 11.1. The molecule has 2 nitrogen and oxygen atoms in total. The highest BCUT2D eigenvalue weighted by Gasteiger charge is 2.00. The van der Waals surface area contributed by atoms with Crippen LogP contribution in [0.3, 0.4) is 0 Å². The summed E-state index contributed by atoms with van der Waals surface area (Å²) in [6.07, 6.45) is 4.83. The van der Waals surface area contributed by atoms with Gasteiger partial charge in [-0.2, -0.15) is 0 Å². The molecule has 0 aliphatic carbocycles. The van der Waals surface area contributed by atoms with Crippen LogP contribution < -0.4 is 0 Å². The third-order valence-electron chi connectivity index (χ3n) is 2.73. The molecular formula is C15H22O2. The second-order valence-electron chi connectivity index (χ2n) is 4.35. The Morgan fingerprint density at radius 1 is 1.24 bits per heavy atom. The van der Waals surface area contributed by atoms with Gasteiger partial charge < -0.3 is 4.74 Å². The summed E-state index contributed by atoms with van der Waals surface area (Å²) >= 11 is 0. The van der Waals surface area contributed by atoms with Gasteiger partial charge >= 0.3 is 5.97 Å². The molecule has 94 valence electrons. The van der Waals surface area contributed by atoms with Crippen LogP contribution in [0.25, 0.3) is 0 Å². The predicted octanol–water partition coefficient (Wildman–Crippen LogP) is 3.66. The first-order chi connectivity index (χ1) is 8.22. The quantitative estimate of drug-likeness (QED) is 0.531. The van der Waals surface area contributed by atoms with E-state index in [9.17, 15) is 4.79 Å². The van der Waals surface area contributed by atoms with Crippen molar-refractivity contribution in [3.05, 3.63) is 35.4 Å². The van der Waals surface area contributed by atoms with E-state index in [1.807, 2.05) is 6.92 Å². The molecule has 1 aromatic rings. The van der Waals surface area contributed by atoms with Gasteiger partial charge in [0.15, 0.2) is 0 Å². The Morgan fingerprint density at radius 3 is 2.76 bits per heavy atom. The van der Waals surface area contributed by atoms with Crippen molar-refractivity contribution >= 4 is 5.97 Å². The maximum absolute atomic E-state index is 11.1. The number of esters is 1. The largest absolute Gasteiger partial charge is 0.466 e. The van der Waals surface area contributed by atoms with Crippen LogP contribution in [0, 0.1) is 6.92 Å². The average molecular weight is 234 g/mol. The fourth-order valence-electron chi connectivity index (χ4n) is 1.88. The third kappa shape index (κ3) is 6.10. The molecule has 0 aromatic heterocycles. The van der Waals surface area contributed by atoms with E-state index >= 15 is 0 Å². The summed E-state index contributed by atoms with van der Waals surface area (Å²) in [7, 11) is 0. The Labute approximate surface area is 104 Å². The van der Waals surface area contributed by atoms with Gasteiger partial charge in [-0.3, -0.25) is 4.79 Å². The number of carbonyl (C=O) groups excluding carboxylic acids is 1. The molecule has 0 aliphatic rings. The minimum Gasteiger partial charge on any atom is -0.466 e. The number of hydrogen-bond acceptors (Lipinski definition) is 2. The van der Waals surface area contributed by atoms with Crippen molar-refractivity contribution in [1.82, 2.24) is 0 Å². The molecule has 2 heteroatoms. The van der Waals surface area contributed by atoms with E-state index in [-0.39, 0.29) is 5.97 Å². The van der Waals surface area contributed by atoms with Crippen LogP contribution in [0.1, 0.15) is 43.7 Å². The van der Waals surface area contributed by atoms with Crippen molar-refractivity contribution in [2.75, 3.05) is 6.61 Å². The Balaban J connectivity index is 2.10. The molecule has 1 aromatic carbocycles. The number of rotatable bonds is 7. The highest BCUT2D eigenvalue weighted by Crippen LogP contribution is 2.10. The standard InChI is InChI=1S/C15H22O2/c1-3-17-15(16)11-6-4-5-9-14-10-7-8-13(2)12-14/h7-8,10,12H,3-6,9,11H2,1-2H3. The number of benzene rings is 1. The van der Waals surface area contributed by atoms with E-state index in [0.29, 0.717) is 13.0 Å². The van der Waals surface area contributed by atoms with Crippen LogP contribution in [0.5, 0.6) is 0 Å². The first kappa shape index (κ1) is 13.8. The zero-order chi connectivity index (χ0) is 12.5. The smallest absolute Gasteiger partial charge is 0.305 e. The van der Waals surface area contributed by atoms with Crippen LogP contribution >= 0.6 is 0 Å². The zero-order valence-electron chi connectivity index (χ0n) is 10.9. The number of carbonyl (C=O) groups is 1.